The number of hydrogen-bond donors (Lipinski definition) is 1. The number of fused-ring (bicyclic) bond motifs is 1. The summed E-state index contributed by atoms with van der Waals surface area (Å²) in [5.74, 6) is 0.998. The Hall–Kier alpha value is -2.40. The molecule has 1 saturated heterocycles. The number of ether oxygens (including phenoxy) is 1. The van der Waals surface area contributed by atoms with Crippen molar-refractivity contribution in [3.05, 3.63) is 59.9 Å². The lowest BCUT2D eigenvalue weighted by Gasteiger charge is -2.31. The van der Waals surface area contributed by atoms with Gasteiger partial charge in [0.25, 0.3) is 0 Å². The van der Waals surface area contributed by atoms with E-state index in [1.807, 2.05) is 42.5 Å². The van der Waals surface area contributed by atoms with Crippen LogP contribution in [0.25, 0.3) is 0 Å². The summed E-state index contributed by atoms with van der Waals surface area (Å²) in [6.45, 7) is 1.97. The molecular weight excluding hydrogens is 316 g/mol. The molecule has 5 heteroatoms. The van der Waals surface area contributed by atoms with E-state index in [0.29, 0.717) is 25.0 Å². The molecule has 2 fully saturated rings. The van der Waals surface area contributed by atoms with Crippen LogP contribution in [0.4, 0.5) is 0 Å². The normalized spacial score (nSPS) is 25.2. The quantitative estimate of drug-likeness (QED) is 0.877. The zero-order valence-electron chi connectivity index (χ0n) is 14.0. The van der Waals surface area contributed by atoms with E-state index < -0.39 is 5.97 Å². The van der Waals surface area contributed by atoms with Gasteiger partial charge in [-0.05, 0) is 54.5 Å². The molecule has 1 aromatic heterocycles. The smallest absolute Gasteiger partial charge is 0.321 e. The van der Waals surface area contributed by atoms with Gasteiger partial charge in [0, 0.05) is 19.3 Å². The summed E-state index contributed by atoms with van der Waals surface area (Å²) in [6.07, 6.45) is 3.96. The maximum atomic E-state index is 11.6. The number of carbonyl (C=O) groups is 1. The maximum Gasteiger partial charge on any atom is 0.321 e. The van der Waals surface area contributed by atoms with Crippen LogP contribution < -0.4 is 4.74 Å². The van der Waals surface area contributed by atoms with Gasteiger partial charge in [0.15, 0.2) is 0 Å². The number of likely N-dealkylation sites (tertiary alicyclic amines) is 1. The third-order valence-electron chi connectivity index (χ3n) is 5.39. The molecule has 0 unspecified atom stereocenters. The lowest BCUT2D eigenvalue weighted by molar-refractivity contribution is -0.144. The van der Waals surface area contributed by atoms with E-state index in [9.17, 15) is 9.90 Å². The van der Waals surface area contributed by atoms with Gasteiger partial charge in [0.2, 0.25) is 0 Å². The second-order valence-electron chi connectivity index (χ2n) is 6.97. The van der Waals surface area contributed by atoms with Crippen LogP contribution in [0.3, 0.4) is 0 Å². The van der Waals surface area contributed by atoms with Crippen molar-refractivity contribution in [2.45, 2.75) is 32.0 Å². The van der Waals surface area contributed by atoms with Gasteiger partial charge >= 0.3 is 5.97 Å². The molecule has 1 aliphatic carbocycles. The number of hydrogen-bond acceptors (Lipinski definition) is 4. The average Bonchev–Trinajstić information content (AvgIpc) is 2.85. The molecule has 2 aliphatic rings. The molecule has 4 rings (SSSR count). The molecule has 1 aliphatic heterocycles. The zero-order valence-corrected chi connectivity index (χ0v) is 14.0. The van der Waals surface area contributed by atoms with Crippen LogP contribution in [0.5, 0.6) is 5.75 Å². The highest BCUT2D eigenvalue weighted by molar-refractivity contribution is 5.74. The van der Waals surface area contributed by atoms with Crippen LogP contribution in [0.1, 0.15) is 24.1 Å². The first kappa shape index (κ1) is 16.1. The third-order valence-corrected chi connectivity index (χ3v) is 5.39. The highest BCUT2D eigenvalue weighted by atomic mass is 16.5. The standard InChI is InChI=1S/C20H22N2O3/c23-20(24)19-18-8-7-15(18)12-22(19)11-14-4-3-6-17(10-14)25-13-16-5-1-2-9-21-16/h1-6,9-10,15,18-19H,7-8,11-13H2,(H,23,24)/t15-,18-,19+/m1/s1. The van der Waals surface area contributed by atoms with Crippen molar-refractivity contribution in [1.29, 1.82) is 0 Å². The van der Waals surface area contributed by atoms with Gasteiger partial charge in [0.05, 0.1) is 5.69 Å². The molecule has 5 nitrogen and oxygen atoms in total. The van der Waals surface area contributed by atoms with Crippen molar-refractivity contribution < 1.29 is 14.6 Å². The van der Waals surface area contributed by atoms with E-state index in [1.165, 1.54) is 0 Å². The van der Waals surface area contributed by atoms with Crippen molar-refractivity contribution >= 4 is 5.97 Å². The van der Waals surface area contributed by atoms with Gasteiger partial charge < -0.3 is 9.84 Å². The van der Waals surface area contributed by atoms with Crippen LogP contribution >= 0.6 is 0 Å². The zero-order chi connectivity index (χ0) is 17.2. The Kier molecular flexibility index (Phi) is 4.40. The predicted octanol–water partition coefficient (Wildman–Crippen LogP) is 2.96. The minimum Gasteiger partial charge on any atom is -0.487 e. The molecule has 2 heterocycles. The SMILES string of the molecule is O=C(O)[C@@H]1[C@@H]2CC[C@@H]2CN1Cc1cccc(OCc2ccccn2)c1. The number of carboxylic acid groups (broad SMARTS) is 1. The van der Waals surface area contributed by atoms with Crippen molar-refractivity contribution in [2.24, 2.45) is 11.8 Å². The highest BCUT2D eigenvalue weighted by Gasteiger charge is 2.50. The van der Waals surface area contributed by atoms with Crippen LogP contribution in [-0.4, -0.2) is 33.5 Å². The molecular formula is C20H22N2O3. The average molecular weight is 338 g/mol. The Bertz CT molecular complexity index is 750. The van der Waals surface area contributed by atoms with Gasteiger partial charge in [0.1, 0.15) is 18.4 Å². The van der Waals surface area contributed by atoms with Crippen LogP contribution in [0, 0.1) is 11.8 Å². The van der Waals surface area contributed by atoms with Gasteiger partial charge in [-0.25, -0.2) is 0 Å². The van der Waals surface area contributed by atoms with E-state index >= 15 is 0 Å². The van der Waals surface area contributed by atoms with Gasteiger partial charge in [-0.1, -0.05) is 18.2 Å². The van der Waals surface area contributed by atoms with Crippen molar-refractivity contribution in [1.82, 2.24) is 9.88 Å². The summed E-state index contributed by atoms with van der Waals surface area (Å²) in [4.78, 5) is 18.0. The number of carboxylic acids is 1. The third kappa shape index (κ3) is 3.37. The molecule has 0 amide bonds. The molecule has 1 N–H and O–H groups in total. The second-order valence-corrected chi connectivity index (χ2v) is 6.97. The Balaban J connectivity index is 1.42. The lowest BCUT2D eigenvalue weighted by Crippen LogP contribution is -2.40. The number of rotatable bonds is 6. The Labute approximate surface area is 147 Å². The molecule has 1 saturated carbocycles. The lowest BCUT2D eigenvalue weighted by atomic mass is 9.73. The number of aromatic nitrogens is 1. The topological polar surface area (TPSA) is 62.7 Å². The molecule has 130 valence electrons. The Morgan fingerprint density at radius 1 is 1.24 bits per heavy atom. The van der Waals surface area contributed by atoms with Gasteiger partial charge in [-0.2, -0.15) is 0 Å². The number of nitrogens with zero attached hydrogens (tertiary/aromatic N) is 2. The highest BCUT2D eigenvalue weighted by Crippen LogP contribution is 2.45. The molecule has 2 aromatic rings. The first-order valence-corrected chi connectivity index (χ1v) is 8.79. The Morgan fingerprint density at radius 2 is 2.16 bits per heavy atom. The van der Waals surface area contributed by atoms with Gasteiger partial charge in [-0.3, -0.25) is 14.7 Å². The summed E-state index contributed by atoms with van der Waals surface area (Å²) < 4.78 is 5.83. The van der Waals surface area contributed by atoms with E-state index in [1.54, 1.807) is 6.20 Å². The maximum absolute atomic E-state index is 11.6. The summed E-state index contributed by atoms with van der Waals surface area (Å²) >= 11 is 0. The largest absolute Gasteiger partial charge is 0.487 e. The van der Waals surface area contributed by atoms with Crippen LogP contribution in [-0.2, 0) is 17.9 Å². The van der Waals surface area contributed by atoms with Crippen molar-refractivity contribution in [2.75, 3.05) is 6.54 Å². The minimum absolute atomic E-state index is 0.334. The predicted molar refractivity (Wildman–Crippen MR) is 93.1 cm³/mol. The van der Waals surface area contributed by atoms with Crippen LogP contribution in [0.15, 0.2) is 48.7 Å². The fraction of sp³-hybridized carbons (Fsp3) is 0.400. The van der Waals surface area contributed by atoms with Crippen molar-refractivity contribution in [3.8, 4) is 5.75 Å². The number of aliphatic carboxylic acids is 1. The molecule has 3 atom stereocenters. The minimum atomic E-state index is -0.685. The van der Waals surface area contributed by atoms with Crippen LogP contribution in [0.2, 0.25) is 0 Å². The Morgan fingerprint density at radius 3 is 2.88 bits per heavy atom. The fourth-order valence-corrected chi connectivity index (χ4v) is 4.03. The van der Waals surface area contributed by atoms with Crippen molar-refractivity contribution in [3.63, 3.8) is 0 Å². The summed E-state index contributed by atoms with van der Waals surface area (Å²) in [7, 11) is 0. The first-order valence-electron chi connectivity index (χ1n) is 8.79. The summed E-state index contributed by atoms with van der Waals surface area (Å²) in [5.41, 5.74) is 1.97. The van der Waals surface area contributed by atoms with E-state index in [0.717, 1.165) is 36.4 Å². The summed E-state index contributed by atoms with van der Waals surface area (Å²) in [5, 5.41) is 9.58. The van der Waals surface area contributed by atoms with E-state index in [2.05, 4.69) is 9.88 Å². The second kappa shape index (κ2) is 6.84. The fourth-order valence-electron chi connectivity index (χ4n) is 4.03. The number of pyridine rings is 1. The monoisotopic (exact) mass is 338 g/mol. The summed E-state index contributed by atoms with van der Waals surface area (Å²) in [6, 6.07) is 13.3. The molecule has 0 spiro atoms. The van der Waals surface area contributed by atoms with E-state index in [-0.39, 0.29) is 6.04 Å². The number of benzene rings is 1. The first-order chi connectivity index (χ1) is 12.2. The molecule has 25 heavy (non-hydrogen) atoms. The molecule has 0 radical (unpaired) electrons. The van der Waals surface area contributed by atoms with Gasteiger partial charge in [-0.15, -0.1) is 0 Å². The molecule has 1 aromatic carbocycles. The van der Waals surface area contributed by atoms with E-state index in [4.69, 9.17) is 4.74 Å². The molecule has 0 bridgehead atoms.